The van der Waals surface area contributed by atoms with E-state index in [2.05, 4.69) is 23.1 Å². The van der Waals surface area contributed by atoms with E-state index in [4.69, 9.17) is 14.5 Å². The highest BCUT2D eigenvalue weighted by molar-refractivity contribution is 7.22. The van der Waals surface area contributed by atoms with Gasteiger partial charge in [0, 0.05) is 25.2 Å². The number of aromatic nitrogens is 1. The van der Waals surface area contributed by atoms with E-state index in [1.807, 2.05) is 50.5 Å². The number of anilines is 1. The van der Waals surface area contributed by atoms with Crippen LogP contribution in [-0.4, -0.2) is 57.2 Å². The highest BCUT2D eigenvalue weighted by Gasteiger charge is 2.22. The zero-order valence-electron chi connectivity index (χ0n) is 18.8. The smallest absolute Gasteiger partial charge is 0.233 e. The maximum atomic E-state index is 13.5. The minimum atomic E-state index is 0.0289. The fourth-order valence-corrected chi connectivity index (χ4v) is 4.71. The van der Waals surface area contributed by atoms with Gasteiger partial charge in [0.05, 0.1) is 30.9 Å². The Labute approximate surface area is 192 Å². The molecule has 3 aromatic carbocycles. The van der Waals surface area contributed by atoms with Crippen molar-refractivity contribution in [1.29, 1.82) is 0 Å². The highest BCUT2D eigenvalue weighted by atomic mass is 32.1. The summed E-state index contributed by atoms with van der Waals surface area (Å²) in [6.07, 6.45) is 0.317. The normalized spacial score (nSPS) is 11.3. The number of hydrogen-bond acceptors (Lipinski definition) is 6. The molecule has 32 heavy (non-hydrogen) atoms. The molecule has 0 radical (unpaired) electrons. The Morgan fingerprint density at radius 3 is 2.44 bits per heavy atom. The van der Waals surface area contributed by atoms with Crippen molar-refractivity contribution in [2.45, 2.75) is 6.42 Å². The molecule has 6 nitrogen and oxygen atoms in total. The molecule has 1 aromatic heterocycles. The first-order chi connectivity index (χ1) is 15.5. The maximum Gasteiger partial charge on any atom is 0.233 e. The molecular formula is C25H27N3O3S. The summed E-state index contributed by atoms with van der Waals surface area (Å²) in [6, 6.07) is 18.0. The SMILES string of the molecule is COc1cc2nc(N(CCN(C)C)C(=O)Cc3cccc4ccccc34)sc2cc1OC. The van der Waals surface area contributed by atoms with Crippen molar-refractivity contribution >= 4 is 43.4 Å². The highest BCUT2D eigenvalue weighted by Crippen LogP contribution is 2.37. The summed E-state index contributed by atoms with van der Waals surface area (Å²) >= 11 is 1.49. The summed E-state index contributed by atoms with van der Waals surface area (Å²) in [7, 11) is 7.22. The van der Waals surface area contributed by atoms with Gasteiger partial charge in [0.25, 0.3) is 0 Å². The van der Waals surface area contributed by atoms with Crippen molar-refractivity contribution in [2.24, 2.45) is 0 Å². The van der Waals surface area contributed by atoms with Crippen molar-refractivity contribution in [2.75, 3.05) is 46.3 Å². The third-order valence-electron chi connectivity index (χ3n) is 5.41. The first kappa shape index (κ1) is 22.0. The fraction of sp³-hybridized carbons (Fsp3) is 0.280. The molecule has 0 bridgehead atoms. The van der Waals surface area contributed by atoms with Crippen LogP contribution in [0, 0.1) is 0 Å². The molecule has 0 unspecified atom stereocenters. The monoisotopic (exact) mass is 449 g/mol. The molecule has 0 atom stereocenters. The van der Waals surface area contributed by atoms with E-state index in [9.17, 15) is 4.79 Å². The van der Waals surface area contributed by atoms with Gasteiger partial charge in [0.1, 0.15) is 0 Å². The van der Waals surface area contributed by atoms with Crippen LogP contribution in [0.4, 0.5) is 5.13 Å². The molecule has 0 aliphatic carbocycles. The number of carbonyl (C=O) groups excluding carboxylic acids is 1. The number of benzene rings is 3. The third-order valence-corrected chi connectivity index (χ3v) is 6.45. The second-order valence-electron chi connectivity index (χ2n) is 7.84. The van der Waals surface area contributed by atoms with Crippen LogP contribution in [-0.2, 0) is 11.2 Å². The summed E-state index contributed by atoms with van der Waals surface area (Å²) in [5.41, 5.74) is 1.81. The predicted molar refractivity (Wildman–Crippen MR) is 131 cm³/mol. The predicted octanol–water partition coefficient (Wildman–Crippen LogP) is 4.60. The first-order valence-corrected chi connectivity index (χ1v) is 11.3. The molecule has 0 saturated heterocycles. The van der Waals surface area contributed by atoms with Crippen LogP contribution in [0.5, 0.6) is 11.5 Å². The molecule has 166 valence electrons. The number of fused-ring (bicyclic) bond motifs is 2. The van der Waals surface area contributed by atoms with Gasteiger partial charge in [-0.05, 0) is 30.4 Å². The first-order valence-electron chi connectivity index (χ1n) is 10.4. The zero-order chi connectivity index (χ0) is 22.7. The molecule has 0 spiro atoms. The van der Waals surface area contributed by atoms with Crippen molar-refractivity contribution in [3.05, 3.63) is 60.2 Å². The molecule has 4 aromatic rings. The molecule has 0 aliphatic rings. The van der Waals surface area contributed by atoms with Crippen LogP contribution in [0.3, 0.4) is 0 Å². The lowest BCUT2D eigenvalue weighted by atomic mass is 10.0. The van der Waals surface area contributed by atoms with Crippen LogP contribution in [0.15, 0.2) is 54.6 Å². The maximum absolute atomic E-state index is 13.5. The Morgan fingerprint density at radius 1 is 0.969 bits per heavy atom. The van der Waals surface area contributed by atoms with Crippen molar-refractivity contribution in [3.8, 4) is 11.5 Å². The molecule has 1 amide bonds. The molecule has 0 saturated carbocycles. The summed E-state index contributed by atoms with van der Waals surface area (Å²) < 4.78 is 11.8. The van der Waals surface area contributed by atoms with Crippen LogP contribution >= 0.6 is 11.3 Å². The number of rotatable bonds is 8. The number of likely N-dealkylation sites (N-methyl/N-ethyl adjacent to an activating group) is 1. The van der Waals surface area contributed by atoms with E-state index in [0.717, 1.165) is 33.1 Å². The lowest BCUT2D eigenvalue weighted by Gasteiger charge is -2.22. The van der Waals surface area contributed by atoms with E-state index >= 15 is 0 Å². The summed E-state index contributed by atoms with van der Waals surface area (Å²) in [5, 5.41) is 2.92. The van der Waals surface area contributed by atoms with Gasteiger partial charge in [-0.1, -0.05) is 53.8 Å². The average Bonchev–Trinajstić information content (AvgIpc) is 3.20. The molecule has 0 fully saturated rings. The van der Waals surface area contributed by atoms with E-state index in [-0.39, 0.29) is 5.91 Å². The van der Waals surface area contributed by atoms with Crippen LogP contribution in [0.2, 0.25) is 0 Å². The van der Waals surface area contributed by atoms with Gasteiger partial charge >= 0.3 is 0 Å². The number of amides is 1. The molecular weight excluding hydrogens is 422 g/mol. The summed E-state index contributed by atoms with van der Waals surface area (Å²) in [4.78, 5) is 22.2. The second kappa shape index (κ2) is 9.54. The standard InChI is InChI=1S/C25H27N3O3S/c1-27(2)12-13-28(24(29)14-18-10-7-9-17-8-5-6-11-19(17)18)25-26-20-15-21(30-3)22(31-4)16-23(20)32-25/h5-11,15-16H,12-14H2,1-4H3. The lowest BCUT2D eigenvalue weighted by molar-refractivity contribution is -0.118. The van der Waals surface area contributed by atoms with Gasteiger partial charge in [0.15, 0.2) is 16.6 Å². The van der Waals surface area contributed by atoms with Crippen molar-refractivity contribution in [3.63, 3.8) is 0 Å². The topological polar surface area (TPSA) is 54.9 Å². The summed E-state index contributed by atoms with van der Waals surface area (Å²) in [5.74, 6) is 1.30. The number of methoxy groups -OCH3 is 2. The van der Waals surface area contributed by atoms with Gasteiger partial charge in [-0.15, -0.1) is 0 Å². The number of ether oxygens (including phenoxy) is 2. The molecule has 7 heteroatoms. The van der Waals surface area contributed by atoms with Crippen molar-refractivity contribution < 1.29 is 14.3 Å². The third kappa shape index (κ3) is 4.54. The average molecular weight is 450 g/mol. The minimum Gasteiger partial charge on any atom is -0.493 e. The van der Waals surface area contributed by atoms with Gasteiger partial charge < -0.3 is 14.4 Å². The quantitative estimate of drug-likeness (QED) is 0.393. The fourth-order valence-electron chi connectivity index (χ4n) is 3.69. The number of nitrogens with zero attached hydrogens (tertiary/aromatic N) is 3. The van der Waals surface area contributed by atoms with Gasteiger partial charge in [-0.2, -0.15) is 0 Å². The Hall–Kier alpha value is -3.16. The zero-order valence-corrected chi connectivity index (χ0v) is 19.6. The van der Waals surface area contributed by atoms with Crippen LogP contribution < -0.4 is 14.4 Å². The summed E-state index contributed by atoms with van der Waals surface area (Å²) in [6.45, 7) is 1.30. The Morgan fingerprint density at radius 2 is 1.69 bits per heavy atom. The molecule has 4 rings (SSSR count). The van der Waals surface area contributed by atoms with E-state index in [1.165, 1.54) is 11.3 Å². The minimum absolute atomic E-state index is 0.0289. The Kier molecular flexibility index (Phi) is 6.58. The number of thiazole rings is 1. The largest absolute Gasteiger partial charge is 0.493 e. The Bertz CT molecular complexity index is 1210. The van der Waals surface area contributed by atoms with E-state index in [1.54, 1.807) is 19.1 Å². The molecule has 1 heterocycles. The second-order valence-corrected chi connectivity index (χ2v) is 8.84. The lowest BCUT2D eigenvalue weighted by Crippen LogP contribution is -2.37. The van der Waals surface area contributed by atoms with Gasteiger partial charge in [-0.25, -0.2) is 4.98 Å². The molecule has 0 aliphatic heterocycles. The van der Waals surface area contributed by atoms with Crippen LogP contribution in [0.1, 0.15) is 5.56 Å². The number of carbonyl (C=O) groups is 1. The Balaban J connectivity index is 1.69. The van der Waals surface area contributed by atoms with Crippen molar-refractivity contribution in [1.82, 2.24) is 9.88 Å². The van der Waals surface area contributed by atoms with E-state index < -0.39 is 0 Å². The number of hydrogen-bond donors (Lipinski definition) is 0. The molecule has 0 N–H and O–H groups in total. The van der Waals surface area contributed by atoms with Gasteiger partial charge in [0.2, 0.25) is 5.91 Å². The van der Waals surface area contributed by atoms with Crippen LogP contribution in [0.25, 0.3) is 21.0 Å². The van der Waals surface area contributed by atoms with E-state index in [0.29, 0.717) is 29.6 Å². The van der Waals surface area contributed by atoms with Gasteiger partial charge in [-0.3, -0.25) is 9.69 Å².